The van der Waals surface area contributed by atoms with Crippen molar-refractivity contribution in [2.24, 2.45) is 0 Å². The largest absolute Gasteiger partial charge is 0.472 e. The van der Waals surface area contributed by atoms with E-state index in [2.05, 4.69) is 20.8 Å². The molecular weight excluding hydrogens is 922 g/mol. The van der Waals surface area contributed by atoms with Crippen LogP contribution in [-0.4, -0.2) is 96.7 Å². The summed E-state index contributed by atoms with van der Waals surface area (Å²) in [5.74, 6) is -2.19. The highest BCUT2D eigenvalue weighted by Gasteiger charge is 2.30. The molecule has 17 nitrogen and oxygen atoms in total. The predicted octanol–water partition coefficient (Wildman–Crippen LogP) is 12.1. The highest BCUT2D eigenvalue weighted by Crippen LogP contribution is 2.45. The number of phosphoric ester groups is 2. The maximum atomic E-state index is 12.8. The molecule has 0 spiro atoms. The number of carbonyl (C=O) groups is 4. The Morgan fingerprint density at radius 2 is 0.588 bits per heavy atom. The smallest absolute Gasteiger partial charge is 0.462 e. The van der Waals surface area contributed by atoms with Crippen LogP contribution in [0.25, 0.3) is 0 Å². The van der Waals surface area contributed by atoms with E-state index in [-0.39, 0.29) is 25.7 Å². The van der Waals surface area contributed by atoms with Crippen molar-refractivity contribution in [2.45, 2.75) is 251 Å². The predicted molar refractivity (Wildman–Crippen MR) is 262 cm³/mol. The molecule has 0 fully saturated rings. The van der Waals surface area contributed by atoms with Crippen molar-refractivity contribution in [2.75, 3.05) is 39.6 Å². The van der Waals surface area contributed by atoms with Gasteiger partial charge in [0.2, 0.25) is 0 Å². The molecule has 0 aliphatic rings. The number of unbranched alkanes of at least 4 members (excludes halogenated alkanes) is 24. The van der Waals surface area contributed by atoms with E-state index in [0.29, 0.717) is 25.7 Å². The number of hydrogen-bond donors (Lipinski definition) is 3. The van der Waals surface area contributed by atoms with Crippen LogP contribution in [0.5, 0.6) is 0 Å². The van der Waals surface area contributed by atoms with E-state index in [1.54, 1.807) is 0 Å². The molecule has 0 aromatic rings. The van der Waals surface area contributed by atoms with Gasteiger partial charge in [-0.3, -0.25) is 37.3 Å². The minimum absolute atomic E-state index is 0.102. The van der Waals surface area contributed by atoms with E-state index >= 15 is 0 Å². The van der Waals surface area contributed by atoms with Crippen molar-refractivity contribution in [1.29, 1.82) is 0 Å². The van der Waals surface area contributed by atoms with E-state index in [1.165, 1.54) is 51.4 Å². The van der Waals surface area contributed by atoms with Gasteiger partial charge in [0.1, 0.15) is 19.3 Å². The summed E-state index contributed by atoms with van der Waals surface area (Å²) in [7, 11) is -9.83. The Bertz CT molecular complexity index is 1350. The molecule has 0 heterocycles. The summed E-state index contributed by atoms with van der Waals surface area (Å²) >= 11 is 0. The van der Waals surface area contributed by atoms with E-state index in [0.717, 1.165) is 103 Å². The summed E-state index contributed by atoms with van der Waals surface area (Å²) in [5, 5.41) is 10.4. The van der Waals surface area contributed by atoms with E-state index in [9.17, 15) is 43.2 Å². The number of aliphatic hydroxyl groups is 1. The minimum atomic E-state index is -4.92. The van der Waals surface area contributed by atoms with Crippen molar-refractivity contribution in [1.82, 2.24) is 0 Å². The van der Waals surface area contributed by atoms with Crippen LogP contribution in [0.3, 0.4) is 0 Å². The zero-order chi connectivity index (χ0) is 50.6. The third-order valence-electron chi connectivity index (χ3n) is 11.1. The quantitative estimate of drug-likeness (QED) is 0.0222. The van der Waals surface area contributed by atoms with Gasteiger partial charge in [-0.05, 0) is 25.7 Å². The average molecular weight is 1020 g/mol. The van der Waals surface area contributed by atoms with Gasteiger partial charge in [0.25, 0.3) is 0 Å². The molecule has 0 rings (SSSR count). The maximum Gasteiger partial charge on any atom is 0.472 e. The van der Waals surface area contributed by atoms with Crippen LogP contribution < -0.4 is 0 Å². The lowest BCUT2D eigenvalue weighted by Crippen LogP contribution is -2.30. The van der Waals surface area contributed by atoms with E-state index < -0.39 is 97.5 Å². The molecule has 2 unspecified atom stereocenters. The Kier molecular flexibility index (Phi) is 43.7. The van der Waals surface area contributed by atoms with Gasteiger partial charge in [-0.1, -0.05) is 182 Å². The van der Waals surface area contributed by atoms with Gasteiger partial charge in [0, 0.05) is 25.7 Å². The zero-order valence-corrected chi connectivity index (χ0v) is 44.3. The van der Waals surface area contributed by atoms with Gasteiger partial charge in [-0.25, -0.2) is 9.13 Å². The van der Waals surface area contributed by atoms with Gasteiger partial charge < -0.3 is 33.8 Å². The van der Waals surface area contributed by atoms with Crippen molar-refractivity contribution >= 4 is 39.5 Å². The molecule has 3 N–H and O–H groups in total. The number of esters is 4. The van der Waals surface area contributed by atoms with Crippen LogP contribution >= 0.6 is 15.6 Å². The molecule has 0 saturated carbocycles. The summed E-state index contributed by atoms with van der Waals surface area (Å²) in [5.41, 5.74) is 0. The van der Waals surface area contributed by atoms with Crippen LogP contribution in [0.15, 0.2) is 0 Å². The first-order valence-electron chi connectivity index (χ1n) is 26.3. The fourth-order valence-electron chi connectivity index (χ4n) is 6.98. The molecule has 19 heteroatoms. The molecule has 0 aliphatic heterocycles. The van der Waals surface area contributed by atoms with Crippen LogP contribution in [-0.2, 0) is 65.4 Å². The van der Waals surface area contributed by atoms with E-state index in [4.69, 9.17) is 37.0 Å². The Labute approximate surface area is 409 Å². The molecule has 0 amide bonds. The summed E-state index contributed by atoms with van der Waals surface area (Å²) in [6.07, 6.45) is 25.1. The summed E-state index contributed by atoms with van der Waals surface area (Å²) < 4.78 is 66.7. The Hall–Kier alpha value is -1.94. The van der Waals surface area contributed by atoms with Crippen LogP contribution in [0, 0.1) is 0 Å². The molecule has 0 aromatic carbocycles. The van der Waals surface area contributed by atoms with Crippen LogP contribution in [0.1, 0.15) is 233 Å². The molecule has 0 saturated heterocycles. The molecule has 68 heavy (non-hydrogen) atoms. The number of carbonyl (C=O) groups excluding carboxylic acids is 4. The highest BCUT2D eigenvalue weighted by molar-refractivity contribution is 7.47. The Balaban J connectivity index is 5.05. The number of hydrogen-bond acceptors (Lipinski definition) is 15. The SMILES string of the molecule is CCCCCCCCCCCCCCCC(=O)O[C@H](COC(=O)CCCCCCC)COP(=O)(O)OC[C@@H](O)COP(=O)(O)OC[C@@H](COC(=O)CCCCC)OC(=O)CCCCCCCCC. The summed E-state index contributed by atoms with van der Waals surface area (Å²) in [6.45, 7) is 4.47. The van der Waals surface area contributed by atoms with Gasteiger partial charge in [-0.2, -0.15) is 0 Å². The maximum absolute atomic E-state index is 12.8. The first-order chi connectivity index (χ1) is 32.7. The van der Waals surface area contributed by atoms with E-state index in [1.807, 2.05) is 6.92 Å². The van der Waals surface area contributed by atoms with Crippen molar-refractivity contribution in [3.8, 4) is 0 Å². The molecule has 0 aliphatic carbocycles. The molecule has 5 atom stereocenters. The lowest BCUT2D eigenvalue weighted by Gasteiger charge is -2.21. The fraction of sp³-hybridized carbons (Fsp3) is 0.918. The molecular formula is C49H94O17P2. The van der Waals surface area contributed by atoms with Gasteiger partial charge in [0.15, 0.2) is 12.2 Å². The molecule has 0 radical (unpaired) electrons. The van der Waals surface area contributed by atoms with Crippen molar-refractivity contribution in [3.63, 3.8) is 0 Å². The normalized spacial score (nSPS) is 14.6. The minimum Gasteiger partial charge on any atom is -0.462 e. The zero-order valence-electron chi connectivity index (χ0n) is 42.6. The Morgan fingerprint density at radius 3 is 0.897 bits per heavy atom. The highest BCUT2D eigenvalue weighted by atomic mass is 31.2. The second kappa shape index (κ2) is 45.0. The summed E-state index contributed by atoms with van der Waals surface area (Å²) in [4.78, 5) is 70.6. The lowest BCUT2D eigenvalue weighted by atomic mass is 10.0. The lowest BCUT2D eigenvalue weighted by molar-refractivity contribution is -0.161. The fourth-order valence-corrected chi connectivity index (χ4v) is 8.56. The van der Waals surface area contributed by atoms with Gasteiger partial charge >= 0.3 is 39.5 Å². The summed E-state index contributed by atoms with van der Waals surface area (Å²) in [6, 6.07) is 0. The third-order valence-corrected chi connectivity index (χ3v) is 13.0. The standard InChI is InChI=1S/C49H94O17P2/c1-5-9-13-16-18-19-20-21-22-23-25-28-32-36-49(54)66-45(40-60-47(52)34-30-26-15-11-7-3)42-64-68(57,58)62-38-43(50)37-61-67(55,56)63-41-44(39-59-46(51)33-29-12-8-4)65-48(53)35-31-27-24-17-14-10-6-2/h43-45,50H,5-42H2,1-4H3,(H,55,56)(H,57,58)/t43-,44+,45+/m0/s1. The topological polar surface area (TPSA) is 237 Å². The molecule has 0 bridgehead atoms. The second-order valence-corrected chi connectivity index (χ2v) is 20.8. The first kappa shape index (κ1) is 66.1. The number of rotatable bonds is 50. The Morgan fingerprint density at radius 1 is 0.353 bits per heavy atom. The second-order valence-electron chi connectivity index (χ2n) is 17.8. The van der Waals surface area contributed by atoms with Crippen molar-refractivity contribution < 1.29 is 80.2 Å². The van der Waals surface area contributed by atoms with Crippen LogP contribution in [0.2, 0.25) is 0 Å². The number of aliphatic hydroxyl groups excluding tert-OH is 1. The molecule has 402 valence electrons. The number of ether oxygens (including phenoxy) is 4. The van der Waals surface area contributed by atoms with Gasteiger partial charge in [-0.15, -0.1) is 0 Å². The van der Waals surface area contributed by atoms with Gasteiger partial charge in [0.05, 0.1) is 26.4 Å². The third kappa shape index (κ3) is 44.0. The number of phosphoric acid groups is 2. The average Bonchev–Trinajstić information content (AvgIpc) is 3.30. The monoisotopic (exact) mass is 1020 g/mol. The molecule has 0 aromatic heterocycles. The first-order valence-corrected chi connectivity index (χ1v) is 29.3. The van der Waals surface area contributed by atoms with Crippen molar-refractivity contribution in [3.05, 3.63) is 0 Å². The van der Waals surface area contributed by atoms with Crippen LogP contribution in [0.4, 0.5) is 0 Å².